The number of hydrogen-bond acceptors (Lipinski definition) is 5. The van der Waals surface area contributed by atoms with Gasteiger partial charge in [0.05, 0.1) is 16.8 Å². The number of carbonyl (C=O) groups excluding carboxylic acids is 1. The number of aromatic hydroxyl groups is 2. The summed E-state index contributed by atoms with van der Waals surface area (Å²) in [5, 5.41) is 21.1. The van der Waals surface area contributed by atoms with E-state index < -0.39 is 0 Å². The molecular formula is C24H18ClN3O3. The summed E-state index contributed by atoms with van der Waals surface area (Å²) in [5.41, 5.74) is 4.52. The maximum absolute atomic E-state index is 13.1. The second kappa shape index (κ2) is 7.56. The van der Waals surface area contributed by atoms with Gasteiger partial charge in [0.1, 0.15) is 17.8 Å². The molecule has 7 heteroatoms. The van der Waals surface area contributed by atoms with Crippen molar-refractivity contribution in [3.63, 3.8) is 0 Å². The monoisotopic (exact) mass is 431 g/mol. The molecule has 0 bridgehead atoms. The summed E-state index contributed by atoms with van der Waals surface area (Å²) in [6.07, 6.45) is 3.17. The third kappa shape index (κ3) is 3.45. The van der Waals surface area contributed by atoms with Gasteiger partial charge in [-0.25, -0.2) is 9.97 Å². The Hall–Kier alpha value is -3.64. The Labute approximate surface area is 183 Å². The number of aryl methyl sites for hydroxylation is 1. The van der Waals surface area contributed by atoms with Crippen LogP contribution in [-0.2, 0) is 6.42 Å². The molecule has 0 unspecified atom stereocenters. The molecule has 1 amide bonds. The van der Waals surface area contributed by atoms with Gasteiger partial charge in [-0.15, -0.1) is 0 Å². The van der Waals surface area contributed by atoms with Crippen LogP contribution >= 0.6 is 11.6 Å². The average molecular weight is 432 g/mol. The van der Waals surface area contributed by atoms with Crippen molar-refractivity contribution in [3.8, 4) is 22.8 Å². The Morgan fingerprint density at radius 1 is 1.00 bits per heavy atom. The molecule has 4 aromatic rings. The summed E-state index contributed by atoms with van der Waals surface area (Å²) in [6.45, 7) is 0.553. The smallest absolute Gasteiger partial charge is 0.262 e. The second-order valence-corrected chi connectivity index (χ2v) is 7.93. The molecule has 154 valence electrons. The van der Waals surface area contributed by atoms with Crippen molar-refractivity contribution in [1.82, 2.24) is 9.97 Å². The molecule has 0 spiro atoms. The van der Waals surface area contributed by atoms with Gasteiger partial charge in [-0.2, -0.15) is 0 Å². The van der Waals surface area contributed by atoms with E-state index in [2.05, 4.69) is 9.97 Å². The third-order valence-corrected chi connectivity index (χ3v) is 5.76. The highest BCUT2D eigenvalue weighted by molar-refractivity contribution is 6.31. The fourth-order valence-corrected chi connectivity index (χ4v) is 4.23. The minimum atomic E-state index is -0.300. The summed E-state index contributed by atoms with van der Waals surface area (Å²) >= 11 is 6.19. The van der Waals surface area contributed by atoms with Crippen molar-refractivity contribution in [2.24, 2.45) is 0 Å². The average Bonchev–Trinajstić information content (AvgIpc) is 2.77. The molecule has 1 aliphatic heterocycles. The summed E-state index contributed by atoms with van der Waals surface area (Å²) in [6, 6.07) is 15.4. The van der Waals surface area contributed by atoms with Gasteiger partial charge in [0.2, 0.25) is 0 Å². The number of benzene rings is 3. The first-order valence-corrected chi connectivity index (χ1v) is 10.3. The van der Waals surface area contributed by atoms with Crippen LogP contribution in [0.4, 0.5) is 5.69 Å². The molecule has 1 aliphatic rings. The van der Waals surface area contributed by atoms with Gasteiger partial charge in [0.15, 0.2) is 0 Å². The van der Waals surface area contributed by atoms with Crippen LogP contribution in [0.25, 0.3) is 22.2 Å². The lowest BCUT2D eigenvalue weighted by Crippen LogP contribution is -2.35. The fraction of sp³-hybridized carbons (Fsp3) is 0.125. The van der Waals surface area contributed by atoms with E-state index in [9.17, 15) is 15.0 Å². The lowest BCUT2D eigenvalue weighted by molar-refractivity contribution is 0.0982. The molecule has 3 aromatic carbocycles. The van der Waals surface area contributed by atoms with E-state index in [0.29, 0.717) is 11.6 Å². The highest BCUT2D eigenvalue weighted by Crippen LogP contribution is 2.35. The first-order valence-electron chi connectivity index (χ1n) is 9.89. The summed E-state index contributed by atoms with van der Waals surface area (Å²) in [7, 11) is 0. The first kappa shape index (κ1) is 19.3. The second-order valence-electron chi connectivity index (χ2n) is 7.49. The van der Waals surface area contributed by atoms with E-state index in [1.54, 1.807) is 11.0 Å². The molecule has 5 rings (SSSR count). The molecular weight excluding hydrogens is 414 g/mol. The number of fused-ring (bicyclic) bond motifs is 2. The normalized spacial score (nSPS) is 13.3. The quantitative estimate of drug-likeness (QED) is 0.468. The van der Waals surface area contributed by atoms with Crippen LogP contribution in [0.3, 0.4) is 0 Å². The van der Waals surface area contributed by atoms with Gasteiger partial charge >= 0.3 is 0 Å². The van der Waals surface area contributed by atoms with Crippen LogP contribution in [-0.4, -0.2) is 32.6 Å². The number of halogens is 1. The zero-order valence-electron chi connectivity index (χ0n) is 16.4. The summed E-state index contributed by atoms with van der Waals surface area (Å²) in [5.74, 6) is -0.626. The largest absolute Gasteiger partial charge is 0.508 e. The van der Waals surface area contributed by atoms with Crippen molar-refractivity contribution in [2.75, 3.05) is 11.4 Å². The van der Waals surface area contributed by atoms with E-state index >= 15 is 0 Å². The molecule has 0 fully saturated rings. The Morgan fingerprint density at radius 3 is 2.71 bits per heavy atom. The molecule has 0 saturated carbocycles. The number of anilines is 1. The molecule has 0 aliphatic carbocycles. The van der Waals surface area contributed by atoms with Gasteiger partial charge in [-0.05, 0) is 60.9 Å². The van der Waals surface area contributed by atoms with Gasteiger partial charge < -0.3 is 15.1 Å². The minimum absolute atomic E-state index is 0.0880. The highest BCUT2D eigenvalue weighted by Gasteiger charge is 2.26. The van der Waals surface area contributed by atoms with Crippen molar-refractivity contribution >= 4 is 34.1 Å². The van der Waals surface area contributed by atoms with Crippen LogP contribution < -0.4 is 4.90 Å². The van der Waals surface area contributed by atoms with Gasteiger partial charge in [-0.3, -0.25) is 4.79 Å². The molecule has 0 radical (unpaired) electrons. The number of carbonyl (C=O) groups is 1. The maximum atomic E-state index is 13.1. The van der Waals surface area contributed by atoms with Crippen LogP contribution in [0.1, 0.15) is 22.3 Å². The van der Waals surface area contributed by atoms with E-state index in [-0.39, 0.29) is 23.0 Å². The molecule has 2 N–H and O–H groups in total. The van der Waals surface area contributed by atoms with Crippen LogP contribution in [0.2, 0.25) is 5.02 Å². The Bertz CT molecular complexity index is 1340. The zero-order chi connectivity index (χ0) is 21.5. The first-order chi connectivity index (χ1) is 15.0. The number of hydrogen-bond donors (Lipinski definition) is 2. The van der Waals surface area contributed by atoms with Gasteiger partial charge in [0, 0.05) is 34.3 Å². The van der Waals surface area contributed by atoms with Gasteiger partial charge in [0.25, 0.3) is 5.91 Å². The number of nitrogens with zero attached hydrogens (tertiary/aromatic N) is 3. The van der Waals surface area contributed by atoms with E-state index in [4.69, 9.17) is 11.6 Å². The topological polar surface area (TPSA) is 86.5 Å². The van der Waals surface area contributed by atoms with Crippen molar-refractivity contribution in [2.45, 2.75) is 12.8 Å². The molecule has 31 heavy (non-hydrogen) atoms. The molecule has 6 nitrogen and oxygen atoms in total. The predicted octanol–water partition coefficient (Wildman–Crippen LogP) is 4.95. The van der Waals surface area contributed by atoms with E-state index in [1.807, 2.05) is 30.3 Å². The number of amides is 1. The predicted molar refractivity (Wildman–Crippen MR) is 120 cm³/mol. The number of phenolic OH excluding ortho intramolecular Hbond substituents is 2. The highest BCUT2D eigenvalue weighted by atomic mass is 35.5. The van der Waals surface area contributed by atoms with Crippen molar-refractivity contribution in [1.29, 1.82) is 0 Å². The Morgan fingerprint density at radius 2 is 1.87 bits per heavy atom. The van der Waals surface area contributed by atoms with E-state index in [1.165, 1.54) is 24.5 Å². The molecule has 2 heterocycles. The Balaban J connectivity index is 1.56. The van der Waals surface area contributed by atoms with E-state index in [0.717, 1.165) is 46.3 Å². The molecule has 0 saturated heterocycles. The SMILES string of the molecule is O=C(c1ccc(O)cc1O)N1CCCc2cc(-c3ncnc4ccc(Cl)cc34)ccc21. The third-order valence-electron chi connectivity index (χ3n) is 5.53. The number of phenols is 2. The molecule has 1 aromatic heterocycles. The Kier molecular flexibility index (Phi) is 4.71. The number of rotatable bonds is 2. The maximum Gasteiger partial charge on any atom is 0.262 e. The molecule has 0 atom stereocenters. The van der Waals surface area contributed by atoms with Crippen LogP contribution in [0, 0.1) is 0 Å². The standard InChI is InChI=1S/C24H18ClN3O3/c25-16-4-7-20-19(11-16)23(27-13-26-20)15-3-8-21-14(10-15)2-1-9-28(21)24(31)18-6-5-17(29)12-22(18)30/h3-8,10-13,29-30H,1-2,9H2. The fourth-order valence-electron chi connectivity index (χ4n) is 4.06. The summed E-state index contributed by atoms with van der Waals surface area (Å²) < 4.78 is 0. The van der Waals surface area contributed by atoms with Crippen molar-refractivity contribution in [3.05, 3.63) is 77.1 Å². The lowest BCUT2D eigenvalue weighted by Gasteiger charge is -2.30. The summed E-state index contributed by atoms with van der Waals surface area (Å²) in [4.78, 5) is 23.6. The van der Waals surface area contributed by atoms with Crippen molar-refractivity contribution < 1.29 is 15.0 Å². The van der Waals surface area contributed by atoms with Crippen LogP contribution in [0.5, 0.6) is 11.5 Å². The minimum Gasteiger partial charge on any atom is -0.508 e. The lowest BCUT2D eigenvalue weighted by atomic mass is 9.96. The van der Waals surface area contributed by atoms with Crippen LogP contribution in [0.15, 0.2) is 60.9 Å². The van der Waals surface area contributed by atoms with Gasteiger partial charge in [-0.1, -0.05) is 17.7 Å². The zero-order valence-corrected chi connectivity index (χ0v) is 17.2. The number of aromatic nitrogens is 2.